The normalized spacial score (nSPS) is 16.5. The number of hydrogen-bond acceptors (Lipinski definition) is 5. The summed E-state index contributed by atoms with van der Waals surface area (Å²) in [6.07, 6.45) is 1.72. The van der Waals surface area contributed by atoms with Crippen LogP contribution in [0.4, 0.5) is 0 Å². The van der Waals surface area contributed by atoms with Crippen LogP contribution in [0, 0.1) is 11.3 Å². The molecule has 118 valence electrons. The predicted molar refractivity (Wildman–Crippen MR) is 85.3 cm³/mol. The summed E-state index contributed by atoms with van der Waals surface area (Å²) < 4.78 is 5.29. The number of benzene rings is 1. The third-order valence-electron chi connectivity index (χ3n) is 4.05. The zero-order chi connectivity index (χ0) is 16.8. The third-order valence-corrected chi connectivity index (χ3v) is 4.05. The molecule has 1 aliphatic rings. The van der Waals surface area contributed by atoms with Crippen LogP contribution in [0.25, 0.3) is 10.9 Å². The van der Waals surface area contributed by atoms with Gasteiger partial charge >= 0.3 is 5.69 Å². The maximum Gasteiger partial charge on any atom is 0.328 e. The van der Waals surface area contributed by atoms with Gasteiger partial charge in [-0.15, -0.1) is 0 Å². The topological polar surface area (TPSA) is 141 Å². The standard InChI is InChI=1S/C16H11N5O3/c17-5-8-11(9-6-19-10-4-2-1-3-7(9)10)12-14(22)20-16(23)21-15(12)24-13(8)18/h1-4,6,11,19H,18H2,(H2,20,21,22,23)/t11-/m0/s1. The monoisotopic (exact) mass is 321 g/mol. The molecule has 0 bridgehead atoms. The van der Waals surface area contributed by atoms with Gasteiger partial charge in [-0.1, -0.05) is 18.2 Å². The second-order valence-electron chi connectivity index (χ2n) is 5.37. The summed E-state index contributed by atoms with van der Waals surface area (Å²) in [5.41, 5.74) is 6.33. The Morgan fingerprint density at radius 1 is 1.21 bits per heavy atom. The molecule has 0 radical (unpaired) electrons. The zero-order valence-electron chi connectivity index (χ0n) is 12.2. The van der Waals surface area contributed by atoms with E-state index >= 15 is 0 Å². The first-order valence-electron chi connectivity index (χ1n) is 7.10. The molecular weight excluding hydrogens is 310 g/mol. The molecule has 1 atom stereocenters. The van der Waals surface area contributed by atoms with E-state index in [0.29, 0.717) is 5.56 Å². The van der Waals surface area contributed by atoms with Gasteiger partial charge in [0.25, 0.3) is 5.56 Å². The van der Waals surface area contributed by atoms with Crippen molar-refractivity contribution in [1.29, 1.82) is 5.26 Å². The Morgan fingerprint density at radius 3 is 2.79 bits per heavy atom. The number of nitriles is 1. The summed E-state index contributed by atoms with van der Waals surface area (Å²) in [6.45, 7) is 0. The number of aromatic nitrogens is 3. The van der Waals surface area contributed by atoms with E-state index in [1.54, 1.807) is 6.20 Å². The number of allylic oxidation sites excluding steroid dienone is 1. The van der Waals surface area contributed by atoms with Crippen molar-refractivity contribution in [2.24, 2.45) is 5.73 Å². The van der Waals surface area contributed by atoms with Gasteiger partial charge in [0.15, 0.2) is 0 Å². The number of rotatable bonds is 1. The lowest BCUT2D eigenvalue weighted by atomic mass is 9.85. The lowest BCUT2D eigenvalue weighted by Gasteiger charge is -2.24. The van der Waals surface area contributed by atoms with Gasteiger partial charge < -0.3 is 15.5 Å². The highest BCUT2D eigenvalue weighted by molar-refractivity contribution is 5.85. The Hall–Kier alpha value is -3.73. The molecule has 0 saturated heterocycles. The Morgan fingerprint density at radius 2 is 2.00 bits per heavy atom. The number of hydrogen-bond donors (Lipinski definition) is 4. The Balaban J connectivity index is 2.09. The molecule has 1 aliphatic heterocycles. The molecule has 3 aromatic rings. The van der Waals surface area contributed by atoms with E-state index in [1.807, 2.05) is 30.3 Å². The average Bonchev–Trinajstić information content (AvgIpc) is 2.97. The highest BCUT2D eigenvalue weighted by atomic mass is 16.5. The minimum Gasteiger partial charge on any atom is -0.424 e. The predicted octanol–water partition coefficient (Wildman–Crippen LogP) is 0.763. The van der Waals surface area contributed by atoms with Gasteiger partial charge in [0.1, 0.15) is 11.6 Å². The summed E-state index contributed by atoms with van der Waals surface area (Å²) in [6, 6.07) is 9.50. The first kappa shape index (κ1) is 13.9. The number of ether oxygens (including phenoxy) is 1. The van der Waals surface area contributed by atoms with Gasteiger partial charge in [-0.25, -0.2) is 4.79 Å². The number of nitrogens with one attached hydrogen (secondary N) is 3. The molecule has 0 aliphatic carbocycles. The highest BCUT2D eigenvalue weighted by Gasteiger charge is 2.35. The molecule has 0 fully saturated rings. The van der Waals surface area contributed by atoms with Crippen LogP contribution in [-0.4, -0.2) is 15.0 Å². The first-order chi connectivity index (χ1) is 11.6. The van der Waals surface area contributed by atoms with Crippen molar-refractivity contribution in [3.05, 3.63) is 73.9 Å². The fourth-order valence-corrected chi connectivity index (χ4v) is 3.03. The van der Waals surface area contributed by atoms with E-state index in [2.05, 4.69) is 15.0 Å². The number of para-hydroxylation sites is 1. The van der Waals surface area contributed by atoms with Gasteiger partial charge in [0.05, 0.1) is 11.5 Å². The van der Waals surface area contributed by atoms with E-state index in [0.717, 1.165) is 10.9 Å². The van der Waals surface area contributed by atoms with Crippen LogP contribution < -0.4 is 21.7 Å². The van der Waals surface area contributed by atoms with E-state index in [9.17, 15) is 14.9 Å². The number of H-pyrrole nitrogens is 3. The van der Waals surface area contributed by atoms with Crippen molar-refractivity contribution < 1.29 is 4.74 Å². The molecule has 24 heavy (non-hydrogen) atoms. The molecule has 1 aromatic carbocycles. The van der Waals surface area contributed by atoms with Crippen molar-refractivity contribution in [3.8, 4) is 11.9 Å². The van der Waals surface area contributed by atoms with Crippen LogP contribution in [0.15, 0.2) is 51.5 Å². The maximum atomic E-state index is 12.4. The van der Waals surface area contributed by atoms with Gasteiger partial charge in [-0.05, 0) is 11.6 Å². The molecule has 0 amide bonds. The van der Waals surface area contributed by atoms with E-state index in [-0.39, 0.29) is 22.9 Å². The first-order valence-corrected chi connectivity index (χ1v) is 7.10. The van der Waals surface area contributed by atoms with E-state index in [1.165, 1.54) is 0 Å². The van der Waals surface area contributed by atoms with Crippen LogP contribution in [0.1, 0.15) is 17.0 Å². The van der Waals surface area contributed by atoms with Crippen LogP contribution in [-0.2, 0) is 0 Å². The summed E-state index contributed by atoms with van der Waals surface area (Å²) in [7, 11) is 0. The molecule has 8 heteroatoms. The van der Waals surface area contributed by atoms with Crippen molar-refractivity contribution >= 4 is 10.9 Å². The second-order valence-corrected chi connectivity index (χ2v) is 5.37. The molecule has 2 aromatic heterocycles. The van der Waals surface area contributed by atoms with Crippen LogP contribution in [0.5, 0.6) is 5.88 Å². The summed E-state index contributed by atoms with van der Waals surface area (Å²) >= 11 is 0. The van der Waals surface area contributed by atoms with Crippen molar-refractivity contribution in [1.82, 2.24) is 15.0 Å². The molecule has 0 unspecified atom stereocenters. The molecule has 5 N–H and O–H groups in total. The zero-order valence-corrected chi connectivity index (χ0v) is 12.2. The van der Waals surface area contributed by atoms with Crippen molar-refractivity contribution in [2.45, 2.75) is 5.92 Å². The Bertz CT molecular complexity index is 1160. The third kappa shape index (κ3) is 1.85. The van der Waals surface area contributed by atoms with Crippen molar-refractivity contribution in [3.63, 3.8) is 0 Å². The minimum atomic E-state index is -0.740. The van der Waals surface area contributed by atoms with Crippen LogP contribution in [0.2, 0.25) is 0 Å². The average molecular weight is 321 g/mol. The van der Waals surface area contributed by atoms with Gasteiger partial charge in [0, 0.05) is 17.1 Å². The molecule has 4 rings (SSSR count). The minimum absolute atomic E-state index is 0.0458. The van der Waals surface area contributed by atoms with Gasteiger partial charge in [0.2, 0.25) is 11.8 Å². The fraction of sp³-hybridized carbons (Fsp3) is 0.0625. The highest BCUT2D eigenvalue weighted by Crippen LogP contribution is 2.40. The SMILES string of the molecule is N#CC1=C(N)Oc2[nH]c(=O)[nH]c(=O)c2[C@@H]1c1c[nH]c2ccccc12. The van der Waals surface area contributed by atoms with E-state index < -0.39 is 17.2 Å². The van der Waals surface area contributed by atoms with Gasteiger partial charge in [-0.3, -0.25) is 14.8 Å². The van der Waals surface area contributed by atoms with Crippen molar-refractivity contribution in [2.75, 3.05) is 0 Å². The second kappa shape index (κ2) is 4.89. The van der Waals surface area contributed by atoms with Crippen LogP contribution >= 0.6 is 0 Å². The maximum absolute atomic E-state index is 12.4. The largest absolute Gasteiger partial charge is 0.424 e. The summed E-state index contributed by atoms with van der Waals surface area (Å²) in [5.74, 6) is -0.924. The summed E-state index contributed by atoms with van der Waals surface area (Å²) in [5, 5.41) is 10.4. The number of aromatic amines is 3. The Kier molecular flexibility index (Phi) is 2.83. The Labute approximate surface area is 134 Å². The molecule has 8 nitrogen and oxygen atoms in total. The molecular formula is C16H11N5O3. The fourth-order valence-electron chi connectivity index (χ4n) is 3.03. The smallest absolute Gasteiger partial charge is 0.328 e. The quantitative estimate of drug-likeness (QED) is 0.524. The lowest BCUT2D eigenvalue weighted by molar-refractivity contribution is 0.373. The molecule has 3 heterocycles. The molecule has 0 saturated carbocycles. The molecule has 0 spiro atoms. The number of fused-ring (bicyclic) bond motifs is 2. The lowest BCUT2D eigenvalue weighted by Crippen LogP contribution is -2.33. The van der Waals surface area contributed by atoms with Crippen LogP contribution in [0.3, 0.4) is 0 Å². The number of nitrogens with zero attached hydrogens (tertiary/aromatic N) is 1. The van der Waals surface area contributed by atoms with Gasteiger partial charge in [-0.2, -0.15) is 5.26 Å². The van der Waals surface area contributed by atoms with E-state index in [4.69, 9.17) is 10.5 Å². The number of nitrogens with two attached hydrogens (primary N) is 1. The summed E-state index contributed by atoms with van der Waals surface area (Å²) in [4.78, 5) is 31.6.